The maximum atomic E-state index is 3.47. The lowest BCUT2D eigenvalue weighted by molar-refractivity contribution is 0.605. The molecule has 0 spiro atoms. The zero-order valence-corrected chi connectivity index (χ0v) is 13.5. The molecule has 0 amide bonds. The highest BCUT2D eigenvalue weighted by atomic mass is 32.1. The SMILES string of the molecule is CCc1ccc(C(Cc2csc3ccccc23)NC)s1. The highest BCUT2D eigenvalue weighted by Gasteiger charge is 2.14. The lowest BCUT2D eigenvalue weighted by Gasteiger charge is -2.14. The molecule has 0 saturated heterocycles. The van der Waals surface area contributed by atoms with Crippen LogP contribution in [-0.2, 0) is 12.8 Å². The first kappa shape index (κ1) is 13.8. The molecule has 0 aliphatic carbocycles. The number of hydrogen-bond donors (Lipinski definition) is 1. The standard InChI is InChI=1S/C17H19NS2/c1-3-13-8-9-17(20-13)15(18-2)10-12-11-19-16-7-5-4-6-14(12)16/h4-9,11,15,18H,3,10H2,1-2H3. The van der Waals surface area contributed by atoms with Crippen LogP contribution in [-0.4, -0.2) is 7.05 Å². The third-order valence-electron chi connectivity index (χ3n) is 3.71. The van der Waals surface area contributed by atoms with E-state index in [4.69, 9.17) is 0 Å². The summed E-state index contributed by atoms with van der Waals surface area (Å²) in [6.45, 7) is 2.22. The molecule has 0 aliphatic rings. The summed E-state index contributed by atoms with van der Waals surface area (Å²) in [6, 6.07) is 13.6. The predicted molar refractivity (Wildman–Crippen MR) is 91.0 cm³/mol. The van der Waals surface area contributed by atoms with Crippen LogP contribution < -0.4 is 5.32 Å². The summed E-state index contributed by atoms with van der Waals surface area (Å²) >= 11 is 3.78. The molecule has 0 fully saturated rings. The third-order valence-corrected chi connectivity index (χ3v) is 6.06. The predicted octanol–water partition coefficient (Wildman–Crippen LogP) is 5.03. The summed E-state index contributed by atoms with van der Waals surface area (Å²) in [5.74, 6) is 0. The van der Waals surface area contributed by atoms with Gasteiger partial charge in [0.15, 0.2) is 0 Å². The molecular weight excluding hydrogens is 282 g/mol. The zero-order chi connectivity index (χ0) is 13.9. The summed E-state index contributed by atoms with van der Waals surface area (Å²) < 4.78 is 1.39. The van der Waals surface area contributed by atoms with Gasteiger partial charge in [-0.2, -0.15) is 0 Å². The van der Waals surface area contributed by atoms with Gasteiger partial charge >= 0.3 is 0 Å². The Morgan fingerprint density at radius 3 is 2.75 bits per heavy atom. The molecule has 3 heteroatoms. The van der Waals surface area contributed by atoms with E-state index in [1.54, 1.807) is 0 Å². The van der Waals surface area contributed by atoms with Gasteiger partial charge in [0, 0.05) is 20.5 Å². The van der Waals surface area contributed by atoms with Crippen LogP contribution in [0.25, 0.3) is 10.1 Å². The van der Waals surface area contributed by atoms with Crippen LogP contribution in [0, 0.1) is 0 Å². The molecule has 1 nitrogen and oxygen atoms in total. The topological polar surface area (TPSA) is 12.0 Å². The van der Waals surface area contributed by atoms with Gasteiger partial charge in [0.25, 0.3) is 0 Å². The average molecular weight is 301 g/mol. The summed E-state index contributed by atoms with van der Waals surface area (Å²) in [4.78, 5) is 2.91. The second kappa shape index (κ2) is 6.08. The molecule has 1 aromatic carbocycles. The quantitative estimate of drug-likeness (QED) is 0.697. The first-order valence-corrected chi connectivity index (χ1v) is 8.72. The lowest BCUT2D eigenvalue weighted by atomic mass is 10.0. The number of thiophene rings is 2. The van der Waals surface area contributed by atoms with Crippen LogP contribution in [0.3, 0.4) is 0 Å². The molecule has 3 aromatic rings. The summed E-state index contributed by atoms with van der Waals surface area (Å²) in [5.41, 5.74) is 1.45. The van der Waals surface area contributed by atoms with Crippen molar-refractivity contribution in [2.24, 2.45) is 0 Å². The summed E-state index contributed by atoms with van der Waals surface area (Å²) in [6.07, 6.45) is 2.19. The highest BCUT2D eigenvalue weighted by molar-refractivity contribution is 7.17. The van der Waals surface area contributed by atoms with Crippen molar-refractivity contribution in [2.45, 2.75) is 25.8 Å². The number of rotatable bonds is 5. The first-order chi connectivity index (χ1) is 9.81. The van der Waals surface area contributed by atoms with E-state index in [1.165, 1.54) is 25.4 Å². The van der Waals surface area contributed by atoms with Gasteiger partial charge in [-0.05, 0) is 54.4 Å². The molecule has 0 saturated carbocycles. The van der Waals surface area contributed by atoms with Crippen molar-refractivity contribution >= 4 is 32.8 Å². The second-order valence-electron chi connectivity index (χ2n) is 4.96. The van der Waals surface area contributed by atoms with E-state index < -0.39 is 0 Å². The van der Waals surface area contributed by atoms with Crippen LogP contribution in [0.2, 0.25) is 0 Å². The zero-order valence-electron chi connectivity index (χ0n) is 11.8. The number of likely N-dealkylation sites (N-methyl/N-ethyl adjacent to an activating group) is 1. The normalized spacial score (nSPS) is 12.9. The number of nitrogens with one attached hydrogen (secondary N) is 1. The molecule has 2 aromatic heterocycles. The molecule has 1 atom stereocenters. The van der Waals surface area contributed by atoms with E-state index in [0.29, 0.717) is 6.04 Å². The minimum Gasteiger partial charge on any atom is -0.312 e. The van der Waals surface area contributed by atoms with Crippen molar-refractivity contribution in [3.63, 3.8) is 0 Å². The monoisotopic (exact) mass is 301 g/mol. The van der Waals surface area contributed by atoms with Gasteiger partial charge in [0.05, 0.1) is 0 Å². The first-order valence-electron chi connectivity index (χ1n) is 7.02. The molecule has 0 radical (unpaired) electrons. The van der Waals surface area contributed by atoms with Crippen molar-refractivity contribution in [1.29, 1.82) is 0 Å². The molecule has 3 rings (SSSR count). The molecule has 0 bridgehead atoms. The van der Waals surface area contributed by atoms with E-state index in [1.807, 2.05) is 22.7 Å². The van der Waals surface area contributed by atoms with Crippen LogP contribution in [0.1, 0.15) is 28.3 Å². The third kappa shape index (κ3) is 2.66. The van der Waals surface area contributed by atoms with Crippen molar-refractivity contribution in [2.75, 3.05) is 7.05 Å². The molecule has 1 unspecified atom stereocenters. The molecule has 0 aliphatic heterocycles. The fourth-order valence-electron chi connectivity index (χ4n) is 2.53. The Balaban J connectivity index is 1.87. The van der Waals surface area contributed by atoms with Gasteiger partial charge in [-0.25, -0.2) is 0 Å². The van der Waals surface area contributed by atoms with Crippen molar-refractivity contribution in [3.05, 3.63) is 57.1 Å². The van der Waals surface area contributed by atoms with Crippen molar-refractivity contribution in [3.8, 4) is 0 Å². The Labute approximate surface area is 128 Å². The number of aryl methyl sites for hydroxylation is 1. The Kier molecular flexibility index (Phi) is 4.20. The van der Waals surface area contributed by atoms with E-state index in [2.05, 4.69) is 61.1 Å². The maximum absolute atomic E-state index is 3.47. The Hall–Kier alpha value is -1.16. The fraction of sp³-hybridized carbons (Fsp3) is 0.294. The number of hydrogen-bond acceptors (Lipinski definition) is 3. The maximum Gasteiger partial charge on any atom is 0.0453 e. The smallest absolute Gasteiger partial charge is 0.0453 e. The van der Waals surface area contributed by atoms with Gasteiger partial charge in [0.2, 0.25) is 0 Å². The van der Waals surface area contributed by atoms with E-state index in [9.17, 15) is 0 Å². The average Bonchev–Trinajstić information content (AvgIpc) is 3.11. The Bertz CT molecular complexity index is 696. The van der Waals surface area contributed by atoms with Crippen molar-refractivity contribution < 1.29 is 0 Å². The minimum absolute atomic E-state index is 0.415. The van der Waals surface area contributed by atoms with Gasteiger partial charge in [-0.3, -0.25) is 0 Å². The van der Waals surface area contributed by atoms with Crippen LogP contribution in [0.4, 0.5) is 0 Å². The minimum atomic E-state index is 0.415. The fourth-order valence-corrected chi connectivity index (χ4v) is 4.57. The highest BCUT2D eigenvalue weighted by Crippen LogP contribution is 2.31. The van der Waals surface area contributed by atoms with E-state index in [-0.39, 0.29) is 0 Å². The summed E-state index contributed by atoms with van der Waals surface area (Å²) in [5, 5.41) is 7.19. The van der Waals surface area contributed by atoms with Crippen LogP contribution in [0.5, 0.6) is 0 Å². The number of benzene rings is 1. The lowest BCUT2D eigenvalue weighted by Crippen LogP contribution is -2.17. The van der Waals surface area contributed by atoms with Gasteiger partial charge < -0.3 is 5.32 Å². The molecule has 20 heavy (non-hydrogen) atoms. The molecule has 104 valence electrons. The van der Waals surface area contributed by atoms with Crippen molar-refractivity contribution in [1.82, 2.24) is 5.32 Å². The van der Waals surface area contributed by atoms with Gasteiger partial charge in [-0.1, -0.05) is 25.1 Å². The second-order valence-corrected chi connectivity index (χ2v) is 7.07. The molecular formula is C17H19NS2. The largest absolute Gasteiger partial charge is 0.312 e. The van der Waals surface area contributed by atoms with E-state index >= 15 is 0 Å². The number of fused-ring (bicyclic) bond motifs is 1. The Morgan fingerprint density at radius 2 is 2.00 bits per heavy atom. The van der Waals surface area contributed by atoms with Gasteiger partial charge in [-0.15, -0.1) is 22.7 Å². The molecule has 2 heterocycles. The Morgan fingerprint density at radius 1 is 1.15 bits per heavy atom. The van der Waals surface area contributed by atoms with E-state index in [0.717, 1.165) is 12.8 Å². The summed E-state index contributed by atoms with van der Waals surface area (Å²) in [7, 11) is 2.06. The van der Waals surface area contributed by atoms with Crippen LogP contribution >= 0.6 is 22.7 Å². The molecule has 1 N–H and O–H groups in total. The van der Waals surface area contributed by atoms with Gasteiger partial charge in [0.1, 0.15) is 0 Å². The van der Waals surface area contributed by atoms with Crippen LogP contribution in [0.15, 0.2) is 41.8 Å².